The monoisotopic (exact) mass is 378 g/mol. The maximum absolute atomic E-state index is 13.0. The van der Waals surface area contributed by atoms with Crippen molar-refractivity contribution in [2.24, 2.45) is 0 Å². The van der Waals surface area contributed by atoms with E-state index in [1.807, 2.05) is 12.1 Å². The average molecular weight is 379 g/mol. The molecule has 126 valence electrons. The summed E-state index contributed by atoms with van der Waals surface area (Å²) in [6.45, 7) is 8.87. The summed E-state index contributed by atoms with van der Waals surface area (Å²) < 4.78 is 1.05. The number of benzene rings is 1. The maximum Gasteiger partial charge on any atom is 0.230 e. The van der Waals surface area contributed by atoms with Crippen LogP contribution in [0.15, 0.2) is 28.7 Å². The predicted molar refractivity (Wildman–Crippen MR) is 97.5 cm³/mol. The van der Waals surface area contributed by atoms with Crippen LogP contribution in [0.3, 0.4) is 0 Å². The van der Waals surface area contributed by atoms with Gasteiger partial charge in [0.05, 0.1) is 5.41 Å². The first-order valence-corrected chi connectivity index (χ1v) is 9.28. The normalized spacial score (nSPS) is 24.9. The largest absolute Gasteiger partial charge is 0.352 e. The molecule has 1 aromatic rings. The predicted octanol–water partition coefficient (Wildman–Crippen LogP) is 3.91. The Labute approximate surface area is 147 Å². The first-order chi connectivity index (χ1) is 10.6. The van der Waals surface area contributed by atoms with Crippen molar-refractivity contribution in [3.8, 4) is 0 Å². The Morgan fingerprint density at radius 2 is 1.61 bits per heavy atom. The van der Waals surface area contributed by atoms with Crippen molar-refractivity contribution in [3.05, 3.63) is 34.3 Å². The first kappa shape index (κ1) is 17.0. The average Bonchev–Trinajstić information content (AvgIpc) is 3.17. The van der Waals surface area contributed by atoms with Gasteiger partial charge in [-0.25, -0.2) is 0 Å². The molecule has 3 rings (SSSR count). The molecule has 0 aromatic heterocycles. The minimum atomic E-state index is -0.292. The maximum atomic E-state index is 13.0. The second kappa shape index (κ2) is 5.59. The number of carbonyl (C=O) groups is 1. The number of hydrogen-bond donors (Lipinski definition) is 2. The van der Waals surface area contributed by atoms with E-state index in [0.717, 1.165) is 35.7 Å². The zero-order valence-electron chi connectivity index (χ0n) is 14.5. The van der Waals surface area contributed by atoms with Crippen molar-refractivity contribution in [1.29, 1.82) is 0 Å². The summed E-state index contributed by atoms with van der Waals surface area (Å²) in [6, 6.07) is 8.44. The third-order valence-electron chi connectivity index (χ3n) is 5.11. The van der Waals surface area contributed by atoms with Crippen LogP contribution in [0.1, 0.15) is 58.9 Å². The summed E-state index contributed by atoms with van der Waals surface area (Å²) in [5.74, 6) is 0.207. The highest BCUT2D eigenvalue weighted by atomic mass is 79.9. The molecule has 4 heteroatoms. The number of piperidine rings is 1. The lowest BCUT2D eigenvalue weighted by Crippen LogP contribution is -2.62. The number of amides is 1. The van der Waals surface area contributed by atoms with Crippen molar-refractivity contribution in [3.63, 3.8) is 0 Å². The fourth-order valence-corrected chi connectivity index (χ4v) is 4.55. The van der Waals surface area contributed by atoms with Gasteiger partial charge in [-0.05, 0) is 71.1 Å². The standard InChI is InChI=1S/C19H27BrN2O/c1-17(2)11-15(12-18(3,4)22-17)21-16(23)19(9-10-19)13-5-7-14(20)8-6-13/h5-8,15,22H,9-12H2,1-4H3,(H,21,23). The molecule has 2 fully saturated rings. The van der Waals surface area contributed by atoms with Crippen LogP contribution in [0.2, 0.25) is 0 Å². The Morgan fingerprint density at radius 1 is 1.09 bits per heavy atom. The van der Waals surface area contributed by atoms with E-state index in [2.05, 4.69) is 66.4 Å². The van der Waals surface area contributed by atoms with E-state index < -0.39 is 0 Å². The second-order valence-corrected chi connectivity index (χ2v) is 9.48. The second-order valence-electron chi connectivity index (χ2n) is 8.56. The number of carbonyl (C=O) groups excluding carboxylic acids is 1. The summed E-state index contributed by atoms with van der Waals surface area (Å²) >= 11 is 3.47. The Morgan fingerprint density at radius 3 is 2.09 bits per heavy atom. The molecule has 0 radical (unpaired) electrons. The molecule has 0 spiro atoms. The third-order valence-corrected chi connectivity index (χ3v) is 5.64. The van der Waals surface area contributed by atoms with Crippen LogP contribution >= 0.6 is 15.9 Å². The van der Waals surface area contributed by atoms with Gasteiger partial charge in [-0.3, -0.25) is 4.79 Å². The zero-order chi connectivity index (χ0) is 16.9. The van der Waals surface area contributed by atoms with Gasteiger partial charge in [0.15, 0.2) is 0 Å². The lowest BCUT2D eigenvalue weighted by molar-refractivity contribution is -0.124. The van der Waals surface area contributed by atoms with Crippen LogP contribution in [0.4, 0.5) is 0 Å². The van der Waals surface area contributed by atoms with Gasteiger partial charge >= 0.3 is 0 Å². The van der Waals surface area contributed by atoms with Crippen molar-refractivity contribution >= 4 is 21.8 Å². The SMILES string of the molecule is CC1(C)CC(NC(=O)C2(c3ccc(Br)cc3)CC2)CC(C)(C)N1. The van der Waals surface area contributed by atoms with Crippen molar-refractivity contribution in [2.75, 3.05) is 0 Å². The molecule has 1 aromatic carbocycles. The van der Waals surface area contributed by atoms with E-state index in [9.17, 15) is 4.79 Å². The van der Waals surface area contributed by atoms with Crippen LogP contribution in [0, 0.1) is 0 Å². The smallest absolute Gasteiger partial charge is 0.230 e. The highest BCUT2D eigenvalue weighted by Crippen LogP contribution is 2.49. The van der Waals surface area contributed by atoms with E-state index >= 15 is 0 Å². The topological polar surface area (TPSA) is 41.1 Å². The first-order valence-electron chi connectivity index (χ1n) is 8.48. The molecule has 3 nitrogen and oxygen atoms in total. The van der Waals surface area contributed by atoms with E-state index in [4.69, 9.17) is 0 Å². The Hall–Kier alpha value is -0.870. The third kappa shape index (κ3) is 3.63. The van der Waals surface area contributed by atoms with Gasteiger partial charge in [0, 0.05) is 21.6 Å². The van der Waals surface area contributed by atoms with Crippen molar-refractivity contribution in [1.82, 2.24) is 10.6 Å². The fourth-order valence-electron chi connectivity index (χ4n) is 4.29. The number of rotatable bonds is 3. The Balaban J connectivity index is 1.73. The van der Waals surface area contributed by atoms with Gasteiger partial charge in [0.2, 0.25) is 5.91 Å². The van der Waals surface area contributed by atoms with Gasteiger partial charge < -0.3 is 10.6 Å². The molecule has 0 bridgehead atoms. The molecule has 2 N–H and O–H groups in total. The zero-order valence-corrected chi connectivity index (χ0v) is 16.1. The van der Waals surface area contributed by atoms with Crippen LogP contribution in [-0.2, 0) is 10.2 Å². The van der Waals surface area contributed by atoms with Gasteiger partial charge in [0.1, 0.15) is 0 Å². The number of nitrogens with one attached hydrogen (secondary N) is 2. The Kier molecular flexibility index (Phi) is 4.13. The lowest BCUT2D eigenvalue weighted by atomic mass is 9.79. The van der Waals surface area contributed by atoms with E-state index in [1.54, 1.807) is 0 Å². The molecule has 1 saturated heterocycles. The van der Waals surface area contributed by atoms with E-state index in [-0.39, 0.29) is 28.4 Å². The number of hydrogen-bond acceptors (Lipinski definition) is 2. The van der Waals surface area contributed by atoms with Gasteiger partial charge in [0.25, 0.3) is 0 Å². The van der Waals surface area contributed by atoms with Crippen LogP contribution < -0.4 is 10.6 Å². The van der Waals surface area contributed by atoms with E-state index in [1.165, 1.54) is 0 Å². The van der Waals surface area contributed by atoms with Crippen LogP contribution in [-0.4, -0.2) is 23.0 Å². The molecule has 0 unspecified atom stereocenters. The summed E-state index contributed by atoms with van der Waals surface area (Å²) in [6.07, 6.45) is 3.85. The minimum absolute atomic E-state index is 0.0496. The van der Waals surface area contributed by atoms with Crippen LogP contribution in [0.5, 0.6) is 0 Å². The highest BCUT2D eigenvalue weighted by Gasteiger charge is 2.52. The van der Waals surface area contributed by atoms with E-state index in [0.29, 0.717) is 0 Å². The quantitative estimate of drug-likeness (QED) is 0.836. The molecule has 1 heterocycles. The minimum Gasteiger partial charge on any atom is -0.352 e. The van der Waals surface area contributed by atoms with Gasteiger partial charge in [-0.2, -0.15) is 0 Å². The van der Waals surface area contributed by atoms with Gasteiger partial charge in [-0.15, -0.1) is 0 Å². The summed E-state index contributed by atoms with van der Waals surface area (Å²) in [4.78, 5) is 13.0. The van der Waals surface area contributed by atoms with Crippen molar-refractivity contribution in [2.45, 2.75) is 75.9 Å². The van der Waals surface area contributed by atoms with Crippen molar-refractivity contribution < 1.29 is 4.79 Å². The molecular weight excluding hydrogens is 352 g/mol. The summed E-state index contributed by atoms with van der Waals surface area (Å²) in [5.41, 5.74) is 0.952. The van der Waals surface area contributed by atoms with Crippen LogP contribution in [0.25, 0.3) is 0 Å². The summed E-state index contributed by atoms with van der Waals surface area (Å²) in [5, 5.41) is 7.03. The highest BCUT2D eigenvalue weighted by molar-refractivity contribution is 9.10. The molecule has 23 heavy (non-hydrogen) atoms. The Bertz CT molecular complexity index is 586. The molecule has 1 saturated carbocycles. The van der Waals surface area contributed by atoms with Gasteiger partial charge in [-0.1, -0.05) is 28.1 Å². The molecule has 1 aliphatic carbocycles. The number of halogens is 1. The molecule has 1 aliphatic heterocycles. The molecule has 0 atom stereocenters. The summed E-state index contributed by atoms with van der Waals surface area (Å²) in [7, 11) is 0. The molecular formula is C19H27BrN2O. The molecule has 1 amide bonds. The lowest BCUT2D eigenvalue weighted by Gasteiger charge is -2.46. The molecule has 2 aliphatic rings. The fraction of sp³-hybridized carbons (Fsp3) is 0.632.